The Labute approximate surface area is 198 Å². The number of nitrogen functional groups attached to an aromatic ring is 1. The van der Waals surface area contributed by atoms with E-state index in [1.165, 1.54) is 6.08 Å². The zero-order chi connectivity index (χ0) is 24.4. The molecule has 2 aromatic carbocycles. The molecule has 0 aliphatic carbocycles. The van der Waals surface area contributed by atoms with E-state index in [1.54, 1.807) is 19.1 Å². The second kappa shape index (κ2) is 9.01. The largest absolute Gasteiger partial charge is 0.383 e. The Bertz CT molecular complexity index is 1510. The van der Waals surface area contributed by atoms with Crippen molar-refractivity contribution in [3.8, 4) is 23.3 Å². The number of hydrogen-bond acceptors (Lipinski definition) is 7. The van der Waals surface area contributed by atoms with Gasteiger partial charge in [-0.2, -0.15) is 15.5 Å². The number of nitriles is 2. The lowest BCUT2D eigenvalue weighted by Gasteiger charge is -2.15. The van der Waals surface area contributed by atoms with Crippen molar-refractivity contribution in [1.82, 2.24) is 15.0 Å². The molecule has 0 spiro atoms. The maximum Gasteiger partial charge on any atom is 0.230 e. The van der Waals surface area contributed by atoms with Crippen molar-refractivity contribution >= 4 is 34.6 Å². The molecule has 0 radical (unpaired) electrons. The lowest BCUT2D eigenvalue weighted by molar-refractivity contribution is 1.13. The minimum Gasteiger partial charge on any atom is -0.383 e. The molecule has 2 aromatic heterocycles. The fraction of sp³-hybridized carbons (Fsp3) is 0.148. The summed E-state index contributed by atoms with van der Waals surface area (Å²) >= 11 is 0. The van der Waals surface area contributed by atoms with Gasteiger partial charge in [0.15, 0.2) is 0 Å². The van der Waals surface area contributed by atoms with Gasteiger partial charge in [0, 0.05) is 17.0 Å². The monoisotopic (exact) mass is 445 g/mol. The van der Waals surface area contributed by atoms with Crippen molar-refractivity contribution in [2.75, 3.05) is 11.1 Å². The zero-order valence-electron chi connectivity index (χ0n) is 19.4. The van der Waals surface area contributed by atoms with Crippen LogP contribution in [0.2, 0.25) is 0 Å². The summed E-state index contributed by atoms with van der Waals surface area (Å²) < 4.78 is 0. The minimum absolute atomic E-state index is 0.331. The fourth-order valence-electron chi connectivity index (χ4n) is 4.26. The van der Waals surface area contributed by atoms with Crippen molar-refractivity contribution in [1.29, 1.82) is 10.5 Å². The summed E-state index contributed by atoms with van der Waals surface area (Å²) in [5.41, 5.74) is 14.2. The average Bonchev–Trinajstić information content (AvgIpc) is 2.77. The van der Waals surface area contributed by atoms with Gasteiger partial charge in [-0.25, -0.2) is 9.97 Å². The van der Waals surface area contributed by atoms with E-state index in [9.17, 15) is 5.26 Å². The molecule has 0 atom stereocenters. The van der Waals surface area contributed by atoms with Gasteiger partial charge < -0.3 is 11.1 Å². The first kappa shape index (κ1) is 22.4. The molecule has 7 nitrogen and oxygen atoms in total. The number of hydrogen-bond donors (Lipinski definition) is 2. The van der Waals surface area contributed by atoms with Gasteiger partial charge in [0.1, 0.15) is 17.7 Å². The summed E-state index contributed by atoms with van der Waals surface area (Å²) in [6, 6.07) is 16.0. The van der Waals surface area contributed by atoms with Gasteiger partial charge in [-0.3, -0.25) is 0 Å². The molecule has 166 valence electrons. The Morgan fingerprint density at radius 2 is 1.68 bits per heavy atom. The number of pyridine rings is 1. The third kappa shape index (κ3) is 4.15. The van der Waals surface area contributed by atoms with Gasteiger partial charge in [-0.1, -0.05) is 24.3 Å². The van der Waals surface area contributed by atoms with Crippen LogP contribution < -0.4 is 11.1 Å². The summed E-state index contributed by atoms with van der Waals surface area (Å²) in [4.78, 5) is 13.7. The van der Waals surface area contributed by atoms with Crippen LogP contribution in [0.1, 0.15) is 33.5 Å². The number of aryl methyl sites for hydroxylation is 4. The number of anilines is 3. The Balaban J connectivity index is 1.85. The highest BCUT2D eigenvalue weighted by molar-refractivity contribution is 6.00. The van der Waals surface area contributed by atoms with Crippen molar-refractivity contribution in [2.24, 2.45) is 0 Å². The van der Waals surface area contributed by atoms with Crippen LogP contribution >= 0.6 is 0 Å². The number of nitrogens with two attached hydrogens (primary N) is 1. The van der Waals surface area contributed by atoms with Crippen molar-refractivity contribution in [2.45, 2.75) is 27.7 Å². The van der Waals surface area contributed by atoms with Crippen LogP contribution in [-0.2, 0) is 0 Å². The lowest BCUT2D eigenvalue weighted by Crippen LogP contribution is -2.05. The highest BCUT2D eigenvalue weighted by Gasteiger charge is 2.15. The van der Waals surface area contributed by atoms with Crippen LogP contribution in [0, 0.1) is 50.4 Å². The Morgan fingerprint density at radius 1 is 0.941 bits per heavy atom. The minimum atomic E-state index is 0.331. The summed E-state index contributed by atoms with van der Waals surface area (Å²) in [7, 11) is 0. The quantitative estimate of drug-likeness (QED) is 0.388. The van der Waals surface area contributed by atoms with Gasteiger partial charge in [0.25, 0.3) is 0 Å². The number of para-hydroxylation sites is 1. The normalized spacial score (nSPS) is 10.9. The fourth-order valence-corrected chi connectivity index (χ4v) is 4.26. The molecule has 0 aliphatic heterocycles. The van der Waals surface area contributed by atoms with Crippen LogP contribution in [0.25, 0.3) is 28.1 Å². The summed E-state index contributed by atoms with van der Waals surface area (Å²) in [6.45, 7) is 7.75. The molecular weight excluding hydrogens is 422 g/mol. The molecule has 0 saturated heterocycles. The van der Waals surface area contributed by atoms with E-state index in [0.717, 1.165) is 44.3 Å². The van der Waals surface area contributed by atoms with Gasteiger partial charge in [0.05, 0.1) is 22.8 Å². The molecule has 3 N–H and O–H groups in total. The van der Waals surface area contributed by atoms with Gasteiger partial charge in [-0.15, -0.1) is 0 Å². The molecule has 0 fully saturated rings. The smallest absolute Gasteiger partial charge is 0.230 e. The maximum absolute atomic E-state index is 9.31. The number of allylic oxidation sites excluding steroid dienone is 1. The molecule has 4 rings (SSSR count). The maximum atomic E-state index is 9.31. The van der Waals surface area contributed by atoms with Crippen molar-refractivity contribution < 1.29 is 0 Å². The molecule has 34 heavy (non-hydrogen) atoms. The Kier molecular flexibility index (Phi) is 5.95. The molecule has 0 saturated carbocycles. The molecule has 0 aliphatic rings. The first-order chi connectivity index (χ1) is 16.3. The van der Waals surface area contributed by atoms with E-state index in [0.29, 0.717) is 28.8 Å². The van der Waals surface area contributed by atoms with Gasteiger partial charge in [-0.05, 0) is 73.7 Å². The number of nitrogens with zero attached hydrogens (tertiary/aromatic N) is 5. The first-order valence-corrected chi connectivity index (χ1v) is 10.7. The molecule has 0 unspecified atom stereocenters. The summed E-state index contributed by atoms with van der Waals surface area (Å²) in [5, 5.41) is 22.1. The number of benzene rings is 2. The Morgan fingerprint density at radius 3 is 2.32 bits per heavy atom. The predicted molar refractivity (Wildman–Crippen MR) is 135 cm³/mol. The number of fused-ring (bicyclic) bond motifs is 1. The van der Waals surface area contributed by atoms with E-state index in [2.05, 4.69) is 21.4 Å². The van der Waals surface area contributed by atoms with E-state index in [4.69, 9.17) is 16.0 Å². The van der Waals surface area contributed by atoms with Crippen LogP contribution in [0.15, 0.2) is 42.5 Å². The SMILES string of the molecule is Cc1cc(Nc2nc(N)c3cccc(-c4c(C)cc(C=CC#N)cc4C)c3n2)nc(C)c1C#N. The number of aromatic nitrogens is 3. The van der Waals surface area contributed by atoms with Crippen molar-refractivity contribution in [3.05, 3.63) is 76.0 Å². The average molecular weight is 446 g/mol. The predicted octanol–water partition coefficient (Wildman–Crippen LogP) is 5.66. The molecule has 4 aromatic rings. The lowest BCUT2D eigenvalue weighted by atomic mass is 9.92. The molecule has 2 heterocycles. The topological polar surface area (TPSA) is 124 Å². The zero-order valence-corrected chi connectivity index (χ0v) is 19.4. The van der Waals surface area contributed by atoms with E-state index in [1.807, 2.05) is 57.2 Å². The van der Waals surface area contributed by atoms with Gasteiger partial charge >= 0.3 is 0 Å². The molecular formula is C27H23N7. The van der Waals surface area contributed by atoms with Crippen LogP contribution in [-0.4, -0.2) is 15.0 Å². The number of rotatable bonds is 4. The second-order valence-corrected chi connectivity index (χ2v) is 8.15. The third-order valence-electron chi connectivity index (χ3n) is 5.68. The highest BCUT2D eigenvalue weighted by atomic mass is 15.2. The second-order valence-electron chi connectivity index (χ2n) is 8.15. The standard InChI is InChI=1S/C27H23N7/c1-15-13-23(31-18(4)22(15)14-29)32-27-33-25-20(8-5-9-21(25)26(30)34-27)24-16(2)11-19(7-6-10-28)12-17(24)3/h5-9,11-13H,1-4H3,(H3,30,31,32,33,34). The van der Waals surface area contributed by atoms with Crippen LogP contribution in [0.5, 0.6) is 0 Å². The highest BCUT2D eigenvalue weighted by Crippen LogP contribution is 2.35. The molecule has 0 amide bonds. The number of nitrogens with one attached hydrogen (secondary N) is 1. The third-order valence-corrected chi connectivity index (χ3v) is 5.68. The van der Waals surface area contributed by atoms with Gasteiger partial charge in [0.2, 0.25) is 5.95 Å². The molecule has 0 bridgehead atoms. The summed E-state index contributed by atoms with van der Waals surface area (Å²) in [6.07, 6.45) is 3.27. The van der Waals surface area contributed by atoms with Crippen LogP contribution in [0.4, 0.5) is 17.6 Å². The van der Waals surface area contributed by atoms with Crippen LogP contribution in [0.3, 0.4) is 0 Å². The van der Waals surface area contributed by atoms with E-state index < -0.39 is 0 Å². The van der Waals surface area contributed by atoms with E-state index in [-0.39, 0.29) is 0 Å². The van der Waals surface area contributed by atoms with E-state index >= 15 is 0 Å². The summed E-state index contributed by atoms with van der Waals surface area (Å²) in [5.74, 6) is 1.24. The molecule has 7 heteroatoms. The Hall–Kier alpha value is -4.75. The first-order valence-electron chi connectivity index (χ1n) is 10.7. The van der Waals surface area contributed by atoms with Crippen molar-refractivity contribution in [3.63, 3.8) is 0 Å².